The highest BCUT2D eigenvalue weighted by Gasteiger charge is 2.25. The van der Waals surface area contributed by atoms with Crippen LogP contribution in [0.15, 0.2) is 75.1 Å². The van der Waals surface area contributed by atoms with Gasteiger partial charge in [0.15, 0.2) is 0 Å². The van der Waals surface area contributed by atoms with Crippen LogP contribution in [0.3, 0.4) is 0 Å². The lowest BCUT2D eigenvalue weighted by atomic mass is 10.2. The number of benzene rings is 3. The molecule has 3 aromatic carbocycles. The number of hydrogen-bond donors (Lipinski definition) is 2. The van der Waals surface area contributed by atoms with Crippen molar-refractivity contribution in [3.8, 4) is 0 Å². The number of furan rings is 1. The summed E-state index contributed by atoms with van der Waals surface area (Å²) in [5.74, 6) is -1.06. The number of anilines is 2. The summed E-state index contributed by atoms with van der Waals surface area (Å²) in [6.07, 6.45) is 0. The lowest BCUT2D eigenvalue weighted by Crippen LogP contribution is -2.18. The van der Waals surface area contributed by atoms with Crippen LogP contribution >= 0.6 is 23.2 Å². The lowest BCUT2D eigenvalue weighted by molar-refractivity contribution is 0.484. The number of rotatable bonds is 6. The average molecular weight is 529 g/mol. The Balaban J connectivity index is 1.72. The zero-order valence-electron chi connectivity index (χ0n) is 16.8. The van der Waals surface area contributed by atoms with E-state index in [1.54, 1.807) is 24.3 Å². The Hall–Kier alpha value is -2.79. The molecule has 2 N–H and O–H groups in total. The summed E-state index contributed by atoms with van der Waals surface area (Å²) in [6.45, 7) is 1.52. The highest BCUT2D eigenvalue weighted by molar-refractivity contribution is 7.93. The van der Waals surface area contributed by atoms with E-state index in [1.165, 1.54) is 31.2 Å². The van der Waals surface area contributed by atoms with Crippen LogP contribution in [0, 0.1) is 12.7 Å². The first-order valence-electron chi connectivity index (χ1n) is 9.26. The van der Waals surface area contributed by atoms with Gasteiger partial charge in [0.1, 0.15) is 16.3 Å². The van der Waals surface area contributed by atoms with E-state index in [0.717, 1.165) is 12.1 Å². The Labute approximate surface area is 199 Å². The Morgan fingerprint density at radius 3 is 2.27 bits per heavy atom. The molecule has 4 aromatic rings. The van der Waals surface area contributed by atoms with Crippen molar-refractivity contribution in [3.63, 3.8) is 0 Å². The number of sulfonamides is 2. The van der Waals surface area contributed by atoms with E-state index < -0.39 is 30.8 Å². The number of para-hydroxylation sites is 1. The monoisotopic (exact) mass is 528 g/mol. The van der Waals surface area contributed by atoms with Crippen molar-refractivity contribution in [1.29, 1.82) is 0 Å². The van der Waals surface area contributed by atoms with Crippen molar-refractivity contribution in [3.05, 3.63) is 82.1 Å². The van der Waals surface area contributed by atoms with Crippen LogP contribution in [-0.2, 0) is 20.0 Å². The van der Waals surface area contributed by atoms with Crippen molar-refractivity contribution in [2.24, 2.45) is 0 Å². The first kappa shape index (κ1) is 23.4. The molecule has 0 spiro atoms. The third kappa shape index (κ3) is 4.79. The number of nitrogens with one attached hydrogen (secondary N) is 2. The summed E-state index contributed by atoms with van der Waals surface area (Å²) in [7, 11) is -8.70. The lowest BCUT2D eigenvalue weighted by Gasteiger charge is -2.15. The Bertz CT molecular complexity index is 1570. The molecule has 33 heavy (non-hydrogen) atoms. The van der Waals surface area contributed by atoms with Crippen LogP contribution in [0.1, 0.15) is 5.56 Å². The smallest absolute Gasteiger partial charge is 0.295 e. The number of aryl methyl sites for hydroxylation is 1. The van der Waals surface area contributed by atoms with E-state index in [9.17, 15) is 21.2 Å². The maximum absolute atomic E-state index is 14.3. The van der Waals surface area contributed by atoms with Gasteiger partial charge in [0.2, 0.25) is 5.09 Å². The normalized spacial score (nSPS) is 12.1. The zero-order chi connectivity index (χ0) is 24.0. The molecule has 1 aromatic heterocycles. The van der Waals surface area contributed by atoms with Gasteiger partial charge in [0.05, 0.1) is 11.4 Å². The molecule has 0 amide bonds. The van der Waals surface area contributed by atoms with Gasteiger partial charge >= 0.3 is 0 Å². The van der Waals surface area contributed by atoms with E-state index in [1.807, 2.05) is 0 Å². The summed E-state index contributed by atoms with van der Waals surface area (Å²) in [5, 5.41) is 0.390. The summed E-state index contributed by atoms with van der Waals surface area (Å²) < 4.78 is 75.7. The third-order valence-electron chi connectivity index (χ3n) is 4.64. The van der Waals surface area contributed by atoms with E-state index in [-0.39, 0.29) is 26.5 Å². The fourth-order valence-corrected chi connectivity index (χ4v) is 5.60. The minimum Gasteiger partial charge on any atom is -0.443 e. The van der Waals surface area contributed by atoms with Gasteiger partial charge in [0.25, 0.3) is 20.0 Å². The molecule has 172 valence electrons. The van der Waals surface area contributed by atoms with Crippen LogP contribution in [0.4, 0.5) is 15.8 Å². The molecule has 0 aliphatic heterocycles. The van der Waals surface area contributed by atoms with E-state index >= 15 is 0 Å². The molecule has 0 aliphatic rings. The molecule has 0 bridgehead atoms. The summed E-state index contributed by atoms with van der Waals surface area (Å²) >= 11 is 11.8. The molecule has 0 atom stereocenters. The zero-order valence-corrected chi connectivity index (χ0v) is 19.9. The van der Waals surface area contributed by atoms with Crippen molar-refractivity contribution in [1.82, 2.24) is 0 Å². The van der Waals surface area contributed by atoms with Crippen LogP contribution < -0.4 is 9.44 Å². The largest absolute Gasteiger partial charge is 0.443 e. The fourth-order valence-electron chi connectivity index (χ4n) is 3.01. The molecule has 0 fully saturated rings. The van der Waals surface area contributed by atoms with Crippen molar-refractivity contribution < 1.29 is 25.6 Å². The summed E-state index contributed by atoms with van der Waals surface area (Å²) in [5.41, 5.74) is 0.350. The molecule has 0 aliphatic carbocycles. The molecule has 0 unspecified atom stereocenters. The minimum absolute atomic E-state index is 0.0669. The number of halogens is 3. The predicted octanol–water partition coefficient (Wildman–Crippen LogP) is 5.79. The maximum atomic E-state index is 14.3. The average Bonchev–Trinajstić information content (AvgIpc) is 3.18. The molecule has 0 saturated heterocycles. The van der Waals surface area contributed by atoms with Gasteiger partial charge < -0.3 is 4.42 Å². The quantitative estimate of drug-likeness (QED) is 0.329. The molecule has 12 heteroatoms. The molecule has 4 rings (SSSR count). The minimum atomic E-state index is -4.44. The van der Waals surface area contributed by atoms with Gasteiger partial charge in [-0.3, -0.25) is 9.44 Å². The first-order chi connectivity index (χ1) is 15.5. The van der Waals surface area contributed by atoms with Gasteiger partial charge in [-0.1, -0.05) is 41.4 Å². The number of fused-ring (bicyclic) bond motifs is 1. The summed E-state index contributed by atoms with van der Waals surface area (Å²) in [4.78, 5) is -0.648. The van der Waals surface area contributed by atoms with E-state index in [0.29, 0.717) is 16.5 Å². The fraction of sp³-hybridized carbons (Fsp3) is 0.0476. The van der Waals surface area contributed by atoms with Crippen LogP contribution in [0.25, 0.3) is 11.0 Å². The standard InChI is InChI=1S/C21H15Cl2FN2O5S2/c1-12-8-20(16(24)11-15(12)23)32(27,28)25-17-7-6-14(22)10-18(17)26-33(29,30)21-9-13-4-2-3-5-19(13)31-21/h2-11,25-26H,1H3. The molecule has 1 heterocycles. The van der Waals surface area contributed by atoms with E-state index in [2.05, 4.69) is 9.44 Å². The highest BCUT2D eigenvalue weighted by atomic mass is 35.5. The van der Waals surface area contributed by atoms with Crippen LogP contribution in [0.2, 0.25) is 10.0 Å². The maximum Gasteiger partial charge on any atom is 0.295 e. The van der Waals surface area contributed by atoms with Gasteiger partial charge in [-0.15, -0.1) is 0 Å². The topological polar surface area (TPSA) is 105 Å². The molecule has 0 radical (unpaired) electrons. The first-order valence-corrected chi connectivity index (χ1v) is 13.0. The van der Waals surface area contributed by atoms with E-state index in [4.69, 9.17) is 27.6 Å². The van der Waals surface area contributed by atoms with Gasteiger partial charge in [0, 0.05) is 21.5 Å². The van der Waals surface area contributed by atoms with Crippen molar-refractivity contribution in [2.45, 2.75) is 16.9 Å². The Kier molecular flexibility index (Phi) is 6.04. The molecular formula is C21H15Cl2FN2O5S2. The second-order valence-corrected chi connectivity index (χ2v) is 11.1. The molecule has 0 saturated carbocycles. The number of hydrogen-bond acceptors (Lipinski definition) is 5. The SMILES string of the molecule is Cc1cc(S(=O)(=O)Nc2ccc(Cl)cc2NS(=O)(=O)c2cc3ccccc3o2)c(F)cc1Cl. The van der Waals surface area contributed by atoms with Gasteiger partial charge in [-0.25, -0.2) is 12.8 Å². The summed E-state index contributed by atoms with van der Waals surface area (Å²) in [6, 6.07) is 13.8. The molecule has 7 nitrogen and oxygen atoms in total. The van der Waals surface area contributed by atoms with Gasteiger partial charge in [-0.2, -0.15) is 8.42 Å². The Morgan fingerprint density at radius 1 is 0.848 bits per heavy atom. The predicted molar refractivity (Wildman–Crippen MR) is 125 cm³/mol. The van der Waals surface area contributed by atoms with Crippen molar-refractivity contribution in [2.75, 3.05) is 9.44 Å². The highest BCUT2D eigenvalue weighted by Crippen LogP contribution is 2.32. The van der Waals surface area contributed by atoms with Gasteiger partial charge in [-0.05, 0) is 48.9 Å². The second-order valence-electron chi connectivity index (χ2n) is 7.04. The molecular weight excluding hydrogens is 514 g/mol. The Morgan fingerprint density at radius 2 is 1.55 bits per heavy atom. The third-order valence-corrected chi connectivity index (χ3v) is 7.88. The van der Waals surface area contributed by atoms with Crippen LogP contribution in [-0.4, -0.2) is 16.8 Å². The van der Waals surface area contributed by atoms with Crippen molar-refractivity contribution >= 4 is 65.6 Å². The van der Waals surface area contributed by atoms with Crippen LogP contribution in [0.5, 0.6) is 0 Å². The second kappa shape index (κ2) is 8.53.